The molecule has 2 aromatic carbocycles. The van der Waals surface area contributed by atoms with Crippen molar-refractivity contribution in [2.75, 3.05) is 0 Å². The summed E-state index contributed by atoms with van der Waals surface area (Å²) in [5.74, 6) is 0. The molecule has 3 rings (SSSR count). The maximum Gasteiger partial charge on any atom is 0.0497 e. The lowest BCUT2D eigenvalue weighted by atomic mass is 10.0. The van der Waals surface area contributed by atoms with Gasteiger partial charge in [0.05, 0.1) is 0 Å². The largest absolute Gasteiger partial charge is 0.354 e. The van der Waals surface area contributed by atoms with E-state index in [2.05, 4.69) is 67.4 Å². The van der Waals surface area contributed by atoms with Gasteiger partial charge in [0.15, 0.2) is 0 Å². The number of benzene rings is 2. The molecule has 18 heavy (non-hydrogen) atoms. The van der Waals surface area contributed by atoms with E-state index < -0.39 is 0 Å². The first-order valence-electron chi connectivity index (χ1n) is 6.46. The molecule has 0 bridgehead atoms. The summed E-state index contributed by atoms with van der Waals surface area (Å²) in [4.78, 5) is 3.56. The standard InChI is InChI=1S/C17H17N/c1-3-14-15-11-12(2)9-10-16(15)18-17(14)13-7-5-4-6-8-13/h4-11,18H,3H2,1-2H3. The van der Waals surface area contributed by atoms with E-state index in [-0.39, 0.29) is 0 Å². The van der Waals surface area contributed by atoms with Crippen LogP contribution in [0.4, 0.5) is 0 Å². The number of aryl methyl sites for hydroxylation is 2. The van der Waals surface area contributed by atoms with Crippen LogP contribution in [0, 0.1) is 6.92 Å². The topological polar surface area (TPSA) is 15.8 Å². The second-order valence-corrected chi connectivity index (χ2v) is 4.75. The van der Waals surface area contributed by atoms with Crippen LogP contribution in [-0.2, 0) is 6.42 Å². The zero-order valence-electron chi connectivity index (χ0n) is 10.8. The molecular formula is C17H17N. The Morgan fingerprint density at radius 2 is 1.78 bits per heavy atom. The Labute approximate surface area is 107 Å². The van der Waals surface area contributed by atoms with Gasteiger partial charge in [0.1, 0.15) is 0 Å². The zero-order valence-corrected chi connectivity index (χ0v) is 10.8. The lowest BCUT2D eigenvalue weighted by Crippen LogP contribution is -1.84. The van der Waals surface area contributed by atoms with Gasteiger partial charge in [-0.25, -0.2) is 0 Å². The third-order valence-corrected chi connectivity index (χ3v) is 3.48. The number of fused-ring (bicyclic) bond motifs is 1. The molecule has 0 saturated heterocycles. The smallest absolute Gasteiger partial charge is 0.0497 e. The van der Waals surface area contributed by atoms with Crippen molar-refractivity contribution in [1.82, 2.24) is 4.98 Å². The molecule has 0 saturated carbocycles. The summed E-state index contributed by atoms with van der Waals surface area (Å²) >= 11 is 0. The third-order valence-electron chi connectivity index (χ3n) is 3.48. The average molecular weight is 235 g/mol. The van der Waals surface area contributed by atoms with Crippen molar-refractivity contribution in [2.24, 2.45) is 0 Å². The molecule has 1 heteroatoms. The van der Waals surface area contributed by atoms with Crippen LogP contribution in [0.2, 0.25) is 0 Å². The van der Waals surface area contributed by atoms with E-state index in [4.69, 9.17) is 0 Å². The molecule has 0 spiro atoms. The van der Waals surface area contributed by atoms with Gasteiger partial charge in [-0.2, -0.15) is 0 Å². The van der Waals surface area contributed by atoms with Crippen LogP contribution in [0.1, 0.15) is 18.1 Å². The van der Waals surface area contributed by atoms with Crippen molar-refractivity contribution in [1.29, 1.82) is 0 Å². The molecule has 3 aromatic rings. The van der Waals surface area contributed by atoms with Crippen LogP contribution in [0.3, 0.4) is 0 Å². The molecule has 1 nitrogen and oxygen atoms in total. The lowest BCUT2D eigenvalue weighted by Gasteiger charge is -2.02. The van der Waals surface area contributed by atoms with Crippen LogP contribution in [0.25, 0.3) is 22.2 Å². The Bertz CT molecular complexity index is 677. The fourth-order valence-electron chi connectivity index (χ4n) is 2.58. The van der Waals surface area contributed by atoms with Gasteiger partial charge in [-0.15, -0.1) is 0 Å². The van der Waals surface area contributed by atoms with Gasteiger partial charge in [-0.1, -0.05) is 48.9 Å². The SMILES string of the molecule is CCc1c(-c2ccccc2)[nH]c2ccc(C)cc12. The van der Waals surface area contributed by atoms with Crippen molar-refractivity contribution >= 4 is 10.9 Å². The van der Waals surface area contributed by atoms with Crippen LogP contribution in [0.15, 0.2) is 48.5 Å². The van der Waals surface area contributed by atoms with E-state index in [0.29, 0.717) is 0 Å². The first-order valence-corrected chi connectivity index (χ1v) is 6.46. The molecule has 1 N–H and O–H groups in total. The van der Waals surface area contributed by atoms with E-state index in [9.17, 15) is 0 Å². The molecule has 0 aliphatic heterocycles. The predicted molar refractivity (Wildman–Crippen MR) is 77.8 cm³/mol. The van der Waals surface area contributed by atoms with Gasteiger partial charge in [0, 0.05) is 16.6 Å². The maximum atomic E-state index is 3.56. The quantitative estimate of drug-likeness (QED) is 0.662. The summed E-state index contributed by atoms with van der Waals surface area (Å²) in [6.07, 6.45) is 1.05. The Morgan fingerprint density at radius 1 is 1.00 bits per heavy atom. The second kappa shape index (κ2) is 4.34. The molecule has 0 aliphatic rings. The summed E-state index contributed by atoms with van der Waals surface area (Å²) in [5.41, 5.74) is 6.49. The monoisotopic (exact) mass is 235 g/mol. The van der Waals surface area contributed by atoms with Crippen LogP contribution >= 0.6 is 0 Å². The summed E-state index contributed by atoms with van der Waals surface area (Å²) in [5, 5.41) is 1.36. The van der Waals surface area contributed by atoms with E-state index in [1.54, 1.807) is 0 Å². The molecule has 1 heterocycles. The first kappa shape index (κ1) is 11.1. The predicted octanol–water partition coefficient (Wildman–Crippen LogP) is 4.71. The molecule has 90 valence electrons. The van der Waals surface area contributed by atoms with Gasteiger partial charge < -0.3 is 4.98 Å². The number of aromatic amines is 1. The van der Waals surface area contributed by atoms with Crippen LogP contribution in [0.5, 0.6) is 0 Å². The lowest BCUT2D eigenvalue weighted by molar-refractivity contribution is 1.16. The van der Waals surface area contributed by atoms with E-state index in [0.717, 1.165) is 6.42 Å². The van der Waals surface area contributed by atoms with Gasteiger partial charge >= 0.3 is 0 Å². The summed E-state index contributed by atoms with van der Waals surface area (Å²) in [6.45, 7) is 4.37. The minimum atomic E-state index is 1.05. The Morgan fingerprint density at radius 3 is 2.50 bits per heavy atom. The van der Waals surface area contributed by atoms with Crippen molar-refractivity contribution < 1.29 is 0 Å². The summed E-state index contributed by atoms with van der Waals surface area (Å²) in [6, 6.07) is 17.2. The fraction of sp³-hybridized carbons (Fsp3) is 0.176. The third kappa shape index (κ3) is 1.72. The molecule has 0 amide bonds. The molecular weight excluding hydrogens is 218 g/mol. The van der Waals surface area contributed by atoms with Gasteiger partial charge in [0.2, 0.25) is 0 Å². The highest BCUT2D eigenvalue weighted by Gasteiger charge is 2.11. The minimum Gasteiger partial charge on any atom is -0.354 e. The number of hydrogen-bond donors (Lipinski definition) is 1. The summed E-state index contributed by atoms with van der Waals surface area (Å²) in [7, 11) is 0. The summed E-state index contributed by atoms with van der Waals surface area (Å²) < 4.78 is 0. The first-order chi connectivity index (χ1) is 8.79. The van der Waals surface area contributed by atoms with Crippen molar-refractivity contribution in [3.63, 3.8) is 0 Å². The molecule has 0 atom stereocenters. The van der Waals surface area contributed by atoms with Crippen LogP contribution in [-0.4, -0.2) is 4.98 Å². The fourth-order valence-corrected chi connectivity index (χ4v) is 2.58. The van der Waals surface area contributed by atoms with Gasteiger partial charge in [-0.3, -0.25) is 0 Å². The highest BCUT2D eigenvalue weighted by Crippen LogP contribution is 2.31. The maximum absolute atomic E-state index is 3.56. The van der Waals surface area contributed by atoms with E-state index >= 15 is 0 Å². The molecule has 0 fully saturated rings. The van der Waals surface area contributed by atoms with E-state index in [1.807, 2.05) is 0 Å². The molecule has 0 radical (unpaired) electrons. The molecule has 0 aliphatic carbocycles. The molecule has 1 aromatic heterocycles. The number of nitrogens with one attached hydrogen (secondary N) is 1. The number of aromatic nitrogens is 1. The molecule has 0 unspecified atom stereocenters. The Hall–Kier alpha value is -2.02. The van der Waals surface area contributed by atoms with Gasteiger partial charge in [0.25, 0.3) is 0 Å². The minimum absolute atomic E-state index is 1.05. The van der Waals surface area contributed by atoms with Crippen molar-refractivity contribution in [3.05, 3.63) is 59.7 Å². The normalized spacial score (nSPS) is 11.0. The highest BCUT2D eigenvalue weighted by atomic mass is 14.7. The van der Waals surface area contributed by atoms with Crippen molar-refractivity contribution in [3.8, 4) is 11.3 Å². The van der Waals surface area contributed by atoms with Gasteiger partial charge in [-0.05, 0) is 36.6 Å². The number of hydrogen-bond acceptors (Lipinski definition) is 0. The number of rotatable bonds is 2. The second-order valence-electron chi connectivity index (χ2n) is 4.75. The van der Waals surface area contributed by atoms with Crippen LogP contribution < -0.4 is 0 Å². The zero-order chi connectivity index (χ0) is 12.5. The number of H-pyrrole nitrogens is 1. The average Bonchev–Trinajstić information content (AvgIpc) is 2.77. The highest BCUT2D eigenvalue weighted by molar-refractivity contribution is 5.91. The Balaban J connectivity index is 2.30. The Kier molecular flexibility index (Phi) is 2.67. The van der Waals surface area contributed by atoms with E-state index in [1.165, 1.54) is 33.3 Å². The van der Waals surface area contributed by atoms with Crippen molar-refractivity contribution in [2.45, 2.75) is 20.3 Å².